The van der Waals surface area contributed by atoms with Gasteiger partial charge in [0.25, 0.3) is 5.91 Å². The summed E-state index contributed by atoms with van der Waals surface area (Å²) in [5, 5.41) is 12.9. The van der Waals surface area contributed by atoms with Crippen molar-refractivity contribution < 1.29 is 14.7 Å². The Morgan fingerprint density at radius 3 is 2.33 bits per heavy atom. The van der Waals surface area contributed by atoms with E-state index in [1.807, 2.05) is 0 Å². The number of hydrogen-bond donors (Lipinski definition) is 2. The lowest BCUT2D eigenvalue weighted by molar-refractivity contribution is -0.0503. The van der Waals surface area contributed by atoms with Crippen molar-refractivity contribution in [3.63, 3.8) is 0 Å². The summed E-state index contributed by atoms with van der Waals surface area (Å²) in [6, 6.07) is 4.87. The van der Waals surface area contributed by atoms with Gasteiger partial charge in [-0.1, -0.05) is 17.7 Å². The van der Waals surface area contributed by atoms with Crippen LogP contribution in [-0.2, 0) is 0 Å². The molecule has 0 spiro atoms. The third-order valence-electron chi connectivity index (χ3n) is 7.17. The van der Waals surface area contributed by atoms with Crippen LogP contribution in [-0.4, -0.2) is 33.5 Å². The van der Waals surface area contributed by atoms with Crippen molar-refractivity contribution in [3.05, 3.63) is 46.9 Å². The molecule has 6 nitrogen and oxygen atoms in total. The van der Waals surface area contributed by atoms with Gasteiger partial charge in [-0.3, -0.25) is 9.78 Å². The van der Waals surface area contributed by atoms with Crippen LogP contribution in [0.4, 0.5) is 0 Å². The van der Waals surface area contributed by atoms with Crippen LogP contribution >= 0.6 is 11.6 Å². The lowest BCUT2D eigenvalue weighted by atomic mass is 9.49. The topological polar surface area (TPSA) is 92.2 Å². The van der Waals surface area contributed by atoms with Crippen LogP contribution in [0.1, 0.15) is 59.4 Å². The number of carboxylic acids is 1. The Morgan fingerprint density at radius 1 is 1.07 bits per heavy atom. The molecule has 0 saturated heterocycles. The van der Waals surface area contributed by atoms with E-state index < -0.39 is 5.97 Å². The Hall–Kier alpha value is -2.47. The number of nitrogens with one attached hydrogen (secondary N) is 1. The molecule has 1 aromatic carbocycles. The Bertz CT molecular complexity index is 987. The standard InChI is InChI=1S/C23H24ClN3O3/c24-18-2-1-16(19-20(22(29)30)26-4-3-25-19)8-17(18)21(28)27-12-23-9-13-5-14(10-23)7-15(6-13)11-23/h1-4,8,13-15H,5-7,9-12H2,(H,27,28)(H,29,30). The number of aromatic carboxylic acids is 1. The maximum Gasteiger partial charge on any atom is 0.356 e. The monoisotopic (exact) mass is 425 g/mol. The van der Waals surface area contributed by atoms with Crippen molar-refractivity contribution in [2.75, 3.05) is 6.54 Å². The predicted octanol–water partition coefficient (Wildman–Crippen LogP) is 4.44. The number of benzene rings is 1. The Morgan fingerprint density at radius 2 is 1.70 bits per heavy atom. The molecule has 6 rings (SSSR count). The average molecular weight is 426 g/mol. The minimum atomic E-state index is -1.17. The van der Waals surface area contributed by atoms with Gasteiger partial charge in [0.15, 0.2) is 5.69 Å². The van der Waals surface area contributed by atoms with E-state index in [1.54, 1.807) is 18.2 Å². The zero-order valence-electron chi connectivity index (χ0n) is 16.6. The summed E-state index contributed by atoms with van der Waals surface area (Å²) in [5.74, 6) is 1.09. The molecule has 30 heavy (non-hydrogen) atoms. The molecule has 4 fully saturated rings. The Balaban J connectivity index is 1.37. The molecule has 1 heterocycles. The smallest absolute Gasteiger partial charge is 0.356 e. The van der Waals surface area contributed by atoms with E-state index in [4.69, 9.17) is 11.6 Å². The summed E-state index contributed by atoms with van der Waals surface area (Å²) in [5.41, 5.74) is 1.14. The number of carboxylic acid groups (broad SMARTS) is 1. The molecule has 156 valence electrons. The van der Waals surface area contributed by atoms with Crippen LogP contribution in [0.3, 0.4) is 0 Å². The fourth-order valence-corrected chi connectivity index (χ4v) is 6.63. The van der Waals surface area contributed by atoms with Crippen LogP contribution in [0, 0.1) is 23.2 Å². The predicted molar refractivity (Wildman–Crippen MR) is 112 cm³/mol. The number of nitrogens with zero attached hydrogens (tertiary/aromatic N) is 2. The molecule has 0 unspecified atom stereocenters. The number of amides is 1. The van der Waals surface area contributed by atoms with Gasteiger partial charge in [0.2, 0.25) is 0 Å². The zero-order chi connectivity index (χ0) is 20.9. The van der Waals surface area contributed by atoms with Gasteiger partial charge in [0.1, 0.15) is 5.69 Å². The van der Waals surface area contributed by atoms with E-state index in [9.17, 15) is 14.7 Å². The lowest BCUT2D eigenvalue weighted by Crippen LogP contribution is -2.51. The molecule has 0 radical (unpaired) electrons. The van der Waals surface area contributed by atoms with E-state index in [-0.39, 0.29) is 22.7 Å². The van der Waals surface area contributed by atoms with Crippen LogP contribution in [0.5, 0.6) is 0 Å². The molecule has 4 bridgehead atoms. The molecular formula is C23H24ClN3O3. The van der Waals surface area contributed by atoms with E-state index in [1.165, 1.54) is 50.9 Å². The number of halogens is 1. The summed E-state index contributed by atoms with van der Waals surface area (Å²) in [7, 11) is 0. The minimum absolute atomic E-state index is 0.153. The van der Waals surface area contributed by atoms with Gasteiger partial charge in [-0.2, -0.15) is 0 Å². The summed E-state index contributed by atoms with van der Waals surface area (Å²) in [4.78, 5) is 32.5. The quantitative estimate of drug-likeness (QED) is 0.738. The minimum Gasteiger partial charge on any atom is -0.476 e. The molecule has 4 aliphatic rings. The van der Waals surface area contributed by atoms with E-state index >= 15 is 0 Å². The molecule has 0 aliphatic heterocycles. The zero-order valence-corrected chi connectivity index (χ0v) is 17.4. The maximum atomic E-state index is 13.0. The van der Waals surface area contributed by atoms with Gasteiger partial charge in [0.05, 0.1) is 10.6 Å². The van der Waals surface area contributed by atoms with Crippen molar-refractivity contribution in [3.8, 4) is 11.3 Å². The third kappa shape index (κ3) is 3.47. The van der Waals surface area contributed by atoms with Crippen molar-refractivity contribution in [2.24, 2.45) is 23.2 Å². The molecule has 1 amide bonds. The number of carbonyl (C=O) groups is 2. The average Bonchev–Trinajstić information content (AvgIpc) is 2.71. The van der Waals surface area contributed by atoms with E-state index in [0.717, 1.165) is 17.8 Å². The van der Waals surface area contributed by atoms with Gasteiger partial charge < -0.3 is 10.4 Å². The van der Waals surface area contributed by atoms with Crippen LogP contribution in [0.25, 0.3) is 11.3 Å². The highest BCUT2D eigenvalue weighted by Crippen LogP contribution is 2.59. The fraction of sp³-hybridized carbons (Fsp3) is 0.478. The highest BCUT2D eigenvalue weighted by atomic mass is 35.5. The second kappa shape index (κ2) is 7.34. The van der Waals surface area contributed by atoms with E-state index in [2.05, 4.69) is 15.3 Å². The van der Waals surface area contributed by atoms with Crippen LogP contribution < -0.4 is 5.32 Å². The maximum absolute atomic E-state index is 13.0. The van der Waals surface area contributed by atoms with Gasteiger partial charge in [-0.05, 0) is 73.8 Å². The van der Waals surface area contributed by atoms with E-state index in [0.29, 0.717) is 22.7 Å². The number of rotatable bonds is 5. The Kier molecular flexibility index (Phi) is 4.77. The normalized spacial score (nSPS) is 29.0. The van der Waals surface area contributed by atoms with Crippen LogP contribution in [0.2, 0.25) is 5.02 Å². The van der Waals surface area contributed by atoms with Crippen molar-refractivity contribution in [1.29, 1.82) is 0 Å². The van der Waals surface area contributed by atoms with Crippen LogP contribution in [0.15, 0.2) is 30.6 Å². The first kappa shape index (κ1) is 19.5. The van der Waals surface area contributed by atoms with Gasteiger partial charge in [0, 0.05) is 24.5 Å². The first-order chi connectivity index (χ1) is 14.4. The third-order valence-corrected chi connectivity index (χ3v) is 7.50. The van der Waals surface area contributed by atoms with Crippen molar-refractivity contribution in [1.82, 2.24) is 15.3 Å². The summed E-state index contributed by atoms with van der Waals surface area (Å²) in [6.07, 6.45) is 10.5. The Labute approximate surface area is 180 Å². The number of hydrogen-bond acceptors (Lipinski definition) is 4. The number of carbonyl (C=O) groups excluding carboxylic acids is 1. The van der Waals surface area contributed by atoms with Gasteiger partial charge >= 0.3 is 5.97 Å². The molecule has 4 aliphatic carbocycles. The summed E-state index contributed by atoms with van der Waals surface area (Å²) >= 11 is 6.32. The molecule has 7 heteroatoms. The molecule has 2 aromatic rings. The van der Waals surface area contributed by atoms with Gasteiger partial charge in [-0.15, -0.1) is 0 Å². The number of aromatic nitrogens is 2. The molecule has 4 saturated carbocycles. The van der Waals surface area contributed by atoms with Gasteiger partial charge in [-0.25, -0.2) is 9.78 Å². The molecule has 1 aromatic heterocycles. The lowest BCUT2D eigenvalue weighted by Gasteiger charge is -2.56. The second-order valence-electron chi connectivity index (χ2n) is 9.35. The molecular weight excluding hydrogens is 402 g/mol. The van der Waals surface area contributed by atoms with Crippen molar-refractivity contribution >= 4 is 23.5 Å². The summed E-state index contributed by atoms with van der Waals surface area (Å²) < 4.78 is 0. The highest BCUT2D eigenvalue weighted by Gasteiger charge is 2.50. The second-order valence-corrected chi connectivity index (χ2v) is 9.76. The molecule has 2 N–H and O–H groups in total. The van der Waals surface area contributed by atoms with Crippen molar-refractivity contribution in [2.45, 2.75) is 38.5 Å². The fourth-order valence-electron chi connectivity index (χ4n) is 6.42. The first-order valence-electron chi connectivity index (χ1n) is 10.5. The molecule has 0 atom stereocenters. The highest BCUT2D eigenvalue weighted by molar-refractivity contribution is 6.34. The summed E-state index contributed by atoms with van der Waals surface area (Å²) in [6.45, 7) is 0.682. The first-order valence-corrected chi connectivity index (χ1v) is 10.9. The largest absolute Gasteiger partial charge is 0.476 e. The SMILES string of the molecule is O=C(NCC12CC3CC(CC(C3)C1)C2)c1cc(-c2nccnc2C(=O)O)ccc1Cl.